The first-order valence-electron chi connectivity index (χ1n) is 8.47. The molecule has 0 aliphatic carbocycles. The van der Waals surface area contributed by atoms with E-state index >= 15 is 0 Å². The van der Waals surface area contributed by atoms with Crippen molar-refractivity contribution in [1.29, 1.82) is 5.26 Å². The first kappa shape index (κ1) is 17.6. The van der Waals surface area contributed by atoms with Gasteiger partial charge in [-0.1, -0.05) is 30.3 Å². The van der Waals surface area contributed by atoms with Gasteiger partial charge in [-0.3, -0.25) is 4.79 Å². The molecule has 0 fully saturated rings. The van der Waals surface area contributed by atoms with Gasteiger partial charge in [-0.2, -0.15) is 14.0 Å². The molecule has 6 nitrogen and oxygen atoms in total. The summed E-state index contributed by atoms with van der Waals surface area (Å²) in [6.45, 7) is -0.107. The number of nitriles is 1. The summed E-state index contributed by atoms with van der Waals surface area (Å²) in [5.74, 6) is 0.331. The van der Waals surface area contributed by atoms with Crippen LogP contribution in [0.5, 0.6) is 5.75 Å². The average molecular weight is 386 g/mol. The van der Waals surface area contributed by atoms with Crippen molar-refractivity contribution in [3.8, 4) is 22.9 Å². The molecule has 0 bridgehead atoms. The van der Waals surface area contributed by atoms with E-state index in [-0.39, 0.29) is 12.5 Å². The van der Waals surface area contributed by atoms with Gasteiger partial charge in [-0.15, -0.1) is 0 Å². The van der Waals surface area contributed by atoms with Crippen molar-refractivity contribution in [3.05, 3.63) is 72.3 Å². The molecule has 0 aliphatic heterocycles. The summed E-state index contributed by atoms with van der Waals surface area (Å²) in [7, 11) is 0. The van der Waals surface area contributed by atoms with Crippen LogP contribution in [0.15, 0.2) is 66.7 Å². The smallest absolute Gasteiger partial charge is 0.262 e. The summed E-state index contributed by atoms with van der Waals surface area (Å²) in [6, 6.07) is 22.4. The second-order valence-electron chi connectivity index (χ2n) is 5.99. The van der Waals surface area contributed by atoms with Crippen LogP contribution in [0, 0.1) is 11.3 Å². The molecular weight excluding hydrogens is 372 g/mol. The van der Waals surface area contributed by atoms with Gasteiger partial charge in [0.2, 0.25) is 0 Å². The molecule has 28 heavy (non-hydrogen) atoms. The van der Waals surface area contributed by atoms with Crippen LogP contribution in [0.25, 0.3) is 22.2 Å². The number of nitrogens with one attached hydrogen (secondary N) is 1. The van der Waals surface area contributed by atoms with Gasteiger partial charge >= 0.3 is 0 Å². The second-order valence-corrected chi connectivity index (χ2v) is 6.52. The molecule has 0 unspecified atom stereocenters. The number of ether oxygens (including phenoxy) is 1. The first-order valence-corrected chi connectivity index (χ1v) is 9.20. The standard InChI is InChI=1S/C21H14N4O2S/c22-12-14-4-6-15(7-5-14)16-8-10-17(11-9-16)27-13-20(26)23-18-2-1-3-19-21(18)25-28-24-19/h1-11H,13H2,(H,23,26). The number of amides is 1. The molecule has 7 heteroatoms. The lowest BCUT2D eigenvalue weighted by Crippen LogP contribution is -2.20. The normalized spacial score (nSPS) is 10.4. The van der Waals surface area contributed by atoms with Crippen LogP contribution in [-0.2, 0) is 4.79 Å². The highest BCUT2D eigenvalue weighted by atomic mass is 32.1. The van der Waals surface area contributed by atoms with Crippen LogP contribution in [-0.4, -0.2) is 21.3 Å². The summed E-state index contributed by atoms with van der Waals surface area (Å²) in [6.07, 6.45) is 0. The minimum Gasteiger partial charge on any atom is -0.484 e. The lowest BCUT2D eigenvalue weighted by atomic mass is 10.0. The number of hydrogen-bond donors (Lipinski definition) is 1. The number of benzene rings is 3. The van der Waals surface area contributed by atoms with Crippen LogP contribution < -0.4 is 10.1 Å². The van der Waals surface area contributed by atoms with E-state index in [1.54, 1.807) is 18.2 Å². The summed E-state index contributed by atoms with van der Waals surface area (Å²) in [5.41, 5.74) is 4.68. The van der Waals surface area contributed by atoms with Gasteiger partial charge in [-0.25, -0.2) is 0 Å². The highest BCUT2D eigenvalue weighted by Gasteiger charge is 2.09. The van der Waals surface area contributed by atoms with Crippen molar-refractivity contribution >= 4 is 34.4 Å². The van der Waals surface area contributed by atoms with Crippen molar-refractivity contribution in [3.63, 3.8) is 0 Å². The van der Waals surface area contributed by atoms with Crippen molar-refractivity contribution < 1.29 is 9.53 Å². The predicted octanol–water partition coefficient (Wildman–Crippen LogP) is 4.25. The number of rotatable bonds is 5. The molecule has 0 spiro atoms. The zero-order chi connectivity index (χ0) is 19.3. The Labute approximate surface area is 165 Å². The predicted molar refractivity (Wildman–Crippen MR) is 108 cm³/mol. The topological polar surface area (TPSA) is 87.9 Å². The Bertz CT molecular complexity index is 1160. The Morgan fingerprint density at radius 2 is 1.71 bits per heavy atom. The van der Waals surface area contributed by atoms with Crippen molar-refractivity contribution in [1.82, 2.24) is 8.75 Å². The minimum absolute atomic E-state index is 0.107. The molecule has 1 N–H and O–H groups in total. The van der Waals surface area contributed by atoms with Gasteiger partial charge in [0.1, 0.15) is 16.8 Å². The molecule has 0 saturated heterocycles. The van der Waals surface area contributed by atoms with E-state index in [1.807, 2.05) is 48.5 Å². The monoisotopic (exact) mass is 386 g/mol. The van der Waals surface area contributed by atoms with Gasteiger partial charge in [0.15, 0.2) is 6.61 Å². The van der Waals surface area contributed by atoms with E-state index in [4.69, 9.17) is 10.00 Å². The molecule has 4 aromatic rings. The summed E-state index contributed by atoms with van der Waals surface area (Å²) < 4.78 is 13.9. The Morgan fingerprint density at radius 1 is 1.00 bits per heavy atom. The van der Waals surface area contributed by atoms with Gasteiger partial charge < -0.3 is 10.1 Å². The number of carbonyl (C=O) groups excluding carboxylic acids is 1. The van der Waals surface area contributed by atoms with Crippen LogP contribution in [0.1, 0.15) is 5.56 Å². The molecular formula is C21H14N4O2S. The maximum Gasteiger partial charge on any atom is 0.262 e. The van der Waals surface area contributed by atoms with Crippen molar-refractivity contribution in [2.24, 2.45) is 0 Å². The van der Waals surface area contributed by atoms with Crippen LogP contribution >= 0.6 is 11.7 Å². The maximum absolute atomic E-state index is 12.2. The van der Waals surface area contributed by atoms with E-state index in [9.17, 15) is 4.79 Å². The minimum atomic E-state index is -0.267. The Balaban J connectivity index is 1.37. The molecule has 0 radical (unpaired) electrons. The highest BCUT2D eigenvalue weighted by molar-refractivity contribution is 7.00. The fourth-order valence-electron chi connectivity index (χ4n) is 2.72. The van der Waals surface area contributed by atoms with E-state index in [1.165, 1.54) is 0 Å². The van der Waals surface area contributed by atoms with Crippen LogP contribution in [0.3, 0.4) is 0 Å². The lowest BCUT2D eigenvalue weighted by Gasteiger charge is -2.09. The van der Waals surface area contributed by atoms with Gasteiger partial charge in [0.25, 0.3) is 5.91 Å². The molecule has 1 aromatic heterocycles. The molecule has 0 atom stereocenters. The van der Waals surface area contributed by atoms with Crippen molar-refractivity contribution in [2.45, 2.75) is 0 Å². The Kier molecular flexibility index (Phi) is 4.95. The maximum atomic E-state index is 12.2. The third-order valence-electron chi connectivity index (χ3n) is 4.13. The summed E-state index contributed by atoms with van der Waals surface area (Å²) >= 11 is 1.11. The van der Waals surface area contributed by atoms with Gasteiger partial charge in [0.05, 0.1) is 29.0 Å². The lowest BCUT2D eigenvalue weighted by molar-refractivity contribution is -0.118. The third kappa shape index (κ3) is 3.82. The van der Waals surface area contributed by atoms with Crippen molar-refractivity contribution in [2.75, 3.05) is 11.9 Å². The molecule has 4 rings (SSSR count). The third-order valence-corrected chi connectivity index (χ3v) is 4.67. The van der Waals surface area contributed by atoms with E-state index in [2.05, 4.69) is 20.1 Å². The highest BCUT2D eigenvalue weighted by Crippen LogP contribution is 2.23. The van der Waals surface area contributed by atoms with Crippen LogP contribution in [0.4, 0.5) is 5.69 Å². The fraction of sp³-hybridized carbons (Fsp3) is 0.0476. The quantitative estimate of drug-likeness (QED) is 0.554. The Hall–Kier alpha value is -3.76. The van der Waals surface area contributed by atoms with E-state index < -0.39 is 0 Å². The van der Waals surface area contributed by atoms with Gasteiger partial charge in [0, 0.05) is 0 Å². The average Bonchev–Trinajstić information content (AvgIpc) is 3.23. The number of carbonyl (C=O) groups is 1. The van der Waals surface area contributed by atoms with Crippen LogP contribution in [0.2, 0.25) is 0 Å². The molecule has 0 saturated carbocycles. The summed E-state index contributed by atoms with van der Waals surface area (Å²) in [4.78, 5) is 12.2. The zero-order valence-electron chi connectivity index (χ0n) is 14.6. The fourth-order valence-corrected chi connectivity index (χ4v) is 3.27. The number of aromatic nitrogens is 2. The van der Waals surface area contributed by atoms with E-state index in [0.29, 0.717) is 22.5 Å². The second kappa shape index (κ2) is 7.86. The number of fused-ring (bicyclic) bond motifs is 1. The zero-order valence-corrected chi connectivity index (χ0v) is 15.4. The first-order chi connectivity index (χ1) is 13.7. The number of hydrogen-bond acceptors (Lipinski definition) is 6. The number of anilines is 1. The Morgan fingerprint density at radius 3 is 2.43 bits per heavy atom. The van der Waals surface area contributed by atoms with Gasteiger partial charge in [-0.05, 0) is 47.5 Å². The molecule has 0 aliphatic rings. The van der Waals surface area contributed by atoms with E-state index in [0.717, 1.165) is 28.4 Å². The SMILES string of the molecule is N#Cc1ccc(-c2ccc(OCC(=O)Nc3cccc4nsnc34)cc2)cc1. The molecule has 1 amide bonds. The number of nitrogens with zero attached hydrogens (tertiary/aromatic N) is 3. The summed E-state index contributed by atoms with van der Waals surface area (Å²) in [5, 5.41) is 11.7. The molecule has 1 heterocycles. The molecule has 136 valence electrons. The largest absolute Gasteiger partial charge is 0.484 e. The molecule has 3 aromatic carbocycles.